The molecule has 2 rings (SSSR count). The van der Waals surface area contributed by atoms with Crippen LogP contribution in [-0.2, 0) is 10.9 Å². The Morgan fingerprint density at radius 2 is 2.00 bits per heavy atom. The normalized spacial score (nSPS) is 11.7. The molecule has 0 unspecified atom stereocenters. The first kappa shape index (κ1) is 15.4. The molecule has 0 saturated carbocycles. The van der Waals surface area contributed by atoms with Crippen molar-refractivity contribution in [2.75, 3.05) is 6.61 Å². The minimum Gasteiger partial charge on any atom is -0.462 e. The maximum absolute atomic E-state index is 13.3. The molecule has 9 heteroatoms. The van der Waals surface area contributed by atoms with E-state index in [2.05, 4.69) is 14.7 Å². The number of hydrogen-bond donors (Lipinski definition) is 0. The first-order valence-electron chi connectivity index (χ1n) is 5.65. The average Bonchev–Trinajstić information content (AvgIpc) is 2.38. The van der Waals surface area contributed by atoms with Gasteiger partial charge in [-0.3, -0.25) is 0 Å². The third-order valence-corrected chi connectivity index (χ3v) is 2.74. The van der Waals surface area contributed by atoms with Crippen LogP contribution in [-0.4, -0.2) is 22.5 Å². The van der Waals surface area contributed by atoms with Crippen LogP contribution in [0.2, 0.25) is 5.15 Å². The molecule has 2 heterocycles. The van der Waals surface area contributed by atoms with Gasteiger partial charge < -0.3 is 4.74 Å². The molecule has 0 aliphatic rings. The lowest BCUT2D eigenvalue weighted by atomic mass is 10.1. The number of esters is 1. The van der Waals surface area contributed by atoms with E-state index in [1.54, 1.807) is 0 Å². The summed E-state index contributed by atoms with van der Waals surface area (Å²) in [5.41, 5.74) is -2.68. The highest BCUT2D eigenvalue weighted by Crippen LogP contribution is 2.33. The monoisotopic (exact) mass is 322 g/mol. The van der Waals surface area contributed by atoms with E-state index < -0.39 is 40.0 Å². The molecule has 4 nitrogen and oxygen atoms in total. The van der Waals surface area contributed by atoms with Gasteiger partial charge in [-0.15, -0.1) is 0 Å². The molecule has 0 aliphatic carbocycles. The van der Waals surface area contributed by atoms with E-state index in [0.717, 1.165) is 12.1 Å². The molecular weight excluding hydrogens is 316 g/mol. The topological polar surface area (TPSA) is 52.1 Å². The zero-order valence-electron chi connectivity index (χ0n) is 10.5. The second kappa shape index (κ2) is 5.44. The van der Waals surface area contributed by atoms with Gasteiger partial charge in [0.25, 0.3) is 0 Å². The molecule has 2 aromatic heterocycles. The Hall–Kier alpha value is -1.96. The van der Waals surface area contributed by atoms with Gasteiger partial charge in [0.1, 0.15) is 0 Å². The average molecular weight is 323 g/mol. The molecule has 0 atom stereocenters. The van der Waals surface area contributed by atoms with Gasteiger partial charge in [-0.2, -0.15) is 13.2 Å². The molecule has 0 bridgehead atoms. The van der Waals surface area contributed by atoms with Crippen LogP contribution in [0.25, 0.3) is 11.0 Å². The van der Waals surface area contributed by atoms with Gasteiger partial charge in [0.2, 0.25) is 0 Å². The number of rotatable bonds is 2. The number of halogens is 5. The van der Waals surface area contributed by atoms with Crippen LogP contribution in [0.5, 0.6) is 0 Å². The number of fused-ring (bicyclic) bond motifs is 1. The van der Waals surface area contributed by atoms with Gasteiger partial charge in [-0.25, -0.2) is 19.2 Å². The summed E-state index contributed by atoms with van der Waals surface area (Å²) < 4.78 is 56.7. The molecule has 0 N–H and O–H groups in total. The van der Waals surface area contributed by atoms with Crippen molar-refractivity contribution in [1.82, 2.24) is 9.97 Å². The fourth-order valence-corrected chi connectivity index (χ4v) is 1.77. The Morgan fingerprint density at radius 1 is 1.33 bits per heavy atom. The van der Waals surface area contributed by atoms with Crippen LogP contribution in [0.1, 0.15) is 23.0 Å². The van der Waals surface area contributed by atoms with Crippen molar-refractivity contribution in [1.29, 1.82) is 0 Å². The molecular formula is C12H7ClF4N2O2. The summed E-state index contributed by atoms with van der Waals surface area (Å²) in [5.74, 6) is -2.13. The number of pyridine rings is 2. The SMILES string of the molecule is CCOC(=O)c1cc2cc(F)c(Cl)nc2nc1C(F)(F)F. The van der Waals surface area contributed by atoms with Gasteiger partial charge in [0.05, 0.1) is 12.2 Å². The molecule has 0 aromatic carbocycles. The fourth-order valence-electron chi connectivity index (χ4n) is 1.64. The molecule has 0 radical (unpaired) electrons. The van der Waals surface area contributed by atoms with Crippen molar-refractivity contribution in [3.05, 3.63) is 34.4 Å². The molecule has 0 fully saturated rings. The van der Waals surface area contributed by atoms with E-state index in [0.29, 0.717) is 0 Å². The van der Waals surface area contributed by atoms with Crippen LogP contribution < -0.4 is 0 Å². The Kier molecular flexibility index (Phi) is 3.99. The van der Waals surface area contributed by atoms with E-state index >= 15 is 0 Å². The number of carbonyl (C=O) groups is 1. The molecule has 0 saturated heterocycles. The predicted molar refractivity (Wildman–Crippen MR) is 65.5 cm³/mol. The van der Waals surface area contributed by atoms with Gasteiger partial charge in [-0.05, 0) is 19.1 Å². The second-order valence-corrected chi connectivity index (χ2v) is 4.27. The lowest BCUT2D eigenvalue weighted by molar-refractivity contribution is -0.141. The Morgan fingerprint density at radius 3 is 2.57 bits per heavy atom. The zero-order valence-corrected chi connectivity index (χ0v) is 11.2. The maximum Gasteiger partial charge on any atom is 0.434 e. The molecule has 2 aromatic rings. The van der Waals surface area contributed by atoms with E-state index in [4.69, 9.17) is 11.6 Å². The molecule has 0 amide bonds. The van der Waals surface area contributed by atoms with Gasteiger partial charge in [0, 0.05) is 5.39 Å². The van der Waals surface area contributed by atoms with Crippen molar-refractivity contribution < 1.29 is 27.1 Å². The largest absolute Gasteiger partial charge is 0.462 e. The molecule has 0 spiro atoms. The number of hydrogen-bond acceptors (Lipinski definition) is 4. The number of nitrogens with zero attached hydrogens (tertiary/aromatic N) is 2. The molecule has 112 valence electrons. The number of ether oxygens (including phenoxy) is 1. The van der Waals surface area contributed by atoms with Gasteiger partial charge in [-0.1, -0.05) is 11.6 Å². The standard InChI is InChI=1S/C12H7ClF4N2O2/c1-2-21-11(20)6-3-5-4-7(14)9(13)19-10(5)18-8(6)12(15,16)17/h3-4H,2H2,1H3. The summed E-state index contributed by atoms with van der Waals surface area (Å²) in [5, 5.41) is -0.694. The van der Waals surface area contributed by atoms with Crippen molar-refractivity contribution in [2.45, 2.75) is 13.1 Å². The van der Waals surface area contributed by atoms with E-state index in [9.17, 15) is 22.4 Å². The molecule has 21 heavy (non-hydrogen) atoms. The number of carbonyl (C=O) groups excluding carboxylic acids is 1. The first-order valence-corrected chi connectivity index (χ1v) is 6.03. The summed E-state index contributed by atoms with van der Waals surface area (Å²) in [6.45, 7) is 1.34. The van der Waals surface area contributed by atoms with Crippen molar-refractivity contribution in [3.63, 3.8) is 0 Å². The molecule has 0 aliphatic heterocycles. The second-order valence-electron chi connectivity index (χ2n) is 3.91. The lowest BCUT2D eigenvalue weighted by Crippen LogP contribution is -2.17. The quantitative estimate of drug-likeness (QED) is 0.481. The van der Waals surface area contributed by atoms with Crippen molar-refractivity contribution in [2.24, 2.45) is 0 Å². The third kappa shape index (κ3) is 3.05. The van der Waals surface area contributed by atoms with E-state index in [1.807, 2.05) is 0 Å². The van der Waals surface area contributed by atoms with Gasteiger partial charge >= 0.3 is 12.1 Å². The van der Waals surface area contributed by atoms with Crippen LogP contribution in [0.4, 0.5) is 17.6 Å². The smallest absolute Gasteiger partial charge is 0.434 e. The Bertz CT molecular complexity index is 718. The van der Waals surface area contributed by atoms with Crippen molar-refractivity contribution in [3.8, 4) is 0 Å². The van der Waals surface area contributed by atoms with Crippen LogP contribution >= 0.6 is 11.6 Å². The Labute approximate surface area is 120 Å². The van der Waals surface area contributed by atoms with E-state index in [1.165, 1.54) is 6.92 Å². The number of alkyl halides is 3. The summed E-state index contributed by atoms with van der Waals surface area (Å²) in [6.07, 6.45) is -4.89. The number of aromatic nitrogens is 2. The van der Waals surface area contributed by atoms with Gasteiger partial charge in [0.15, 0.2) is 22.3 Å². The maximum atomic E-state index is 13.3. The summed E-state index contributed by atoms with van der Waals surface area (Å²) in [7, 11) is 0. The summed E-state index contributed by atoms with van der Waals surface area (Å²) in [6, 6.07) is 1.68. The highest BCUT2D eigenvalue weighted by Gasteiger charge is 2.38. The van der Waals surface area contributed by atoms with Crippen LogP contribution in [0, 0.1) is 5.82 Å². The first-order chi connectivity index (χ1) is 9.74. The lowest BCUT2D eigenvalue weighted by Gasteiger charge is -2.12. The summed E-state index contributed by atoms with van der Waals surface area (Å²) >= 11 is 5.41. The minimum absolute atomic E-state index is 0.0899. The Balaban J connectivity index is 2.75. The van der Waals surface area contributed by atoms with E-state index in [-0.39, 0.29) is 12.0 Å². The minimum atomic E-state index is -4.89. The highest BCUT2D eigenvalue weighted by atomic mass is 35.5. The van der Waals surface area contributed by atoms with Crippen LogP contribution in [0.3, 0.4) is 0 Å². The van der Waals surface area contributed by atoms with Crippen molar-refractivity contribution >= 4 is 28.6 Å². The highest BCUT2D eigenvalue weighted by molar-refractivity contribution is 6.29. The zero-order chi connectivity index (χ0) is 15.8. The van der Waals surface area contributed by atoms with Crippen LogP contribution in [0.15, 0.2) is 12.1 Å². The fraction of sp³-hybridized carbons (Fsp3) is 0.250. The third-order valence-electron chi connectivity index (χ3n) is 2.48. The summed E-state index contributed by atoms with van der Waals surface area (Å²) in [4.78, 5) is 18.3. The predicted octanol–water partition coefficient (Wildman–Crippen LogP) is 3.62.